The lowest BCUT2D eigenvalue weighted by atomic mass is 9.81. The zero-order valence-electron chi connectivity index (χ0n) is 15.6. The van der Waals surface area contributed by atoms with Crippen molar-refractivity contribution in [3.63, 3.8) is 0 Å². The van der Waals surface area contributed by atoms with Crippen molar-refractivity contribution in [2.45, 2.75) is 18.9 Å². The fourth-order valence-corrected chi connectivity index (χ4v) is 3.09. The van der Waals surface area contributed by atoms with Crippen LogP contribution in [0.2, 0.25) is 0 Å². The number of benzene rings is 1. The number of nitrogens with zero attached hydrogens (tertiary/aromatic N) is 3. The Bertz CT molecular complexity index is 1020. The lowest BCUT2D eigenvalue weighted by Gasteiger charge is -2.34. The first kappa shape index (κ1) is 18.0. The van der Waals surface area contributed by atoms with Crippen molar-refractivity contribution >= 4 is 28.7 Å². The molecule has 0 spiro atoms. The van der Waals surface area contributed by atoms with Crippen molar-refractivity contribution in [2.24, 2.45) is 5.92 Å². The quantitative estimate of drug-likeness (QED) is 0.731. The van der Waals surface area contributed by atoms with E-state index in [4.69, 9.17) is 9.15 Å². The van der Waals surface area contributed by atoms with Crippen LogP contribution in [0.25, 0.3) is 10.9 Å². The highest BCUT2D eigenvalue weighted by Crippen LogP contribution is 2.34. The van der Waals surface area contributed by atoms with Gasteiger partial charge in [0.15, 0.2) is 5.69 Å². The molecule has 8 heteroatoms. The van der Waals surface area contributed by atoms with Gasteiger partial charge in [-0.25, -0.2) is 0 Å². The molecule has 1 N–H and O–H groups in total. The van der Waals surface area contributed by atoms with Crippen molar-refractivity contribution in [3.05, 3.63) is 48.5 Å². The van der Waals surface area contributed by atoms with Gasteiger partial charge in [0.1, 0.15) is 23.6 Å². The first-order valence-corrected chi connectivity index (χ1v) is 8.99. The number of anilines is 1. The van der Waals surface area contributed by atoms with Gasteiger partial charge in [-0.05, 0) is 25.0 Å². The normalized spacial score (nSPS) is 18.4. The monoisotopic (exact) mass is 380 g/mol. The maximum atomic E-state index is 12.3. The number of aromatic nitrogens is 2. The van der Waals surface area contributed by atoms with Gasteiger partial charge in [0.2, 0.25) is 5.91 Å². The van der Waals surface area contributed by atoms with Crippen molar-refractivity contribution in [1.82, 2.24) is 14.9 Å². The summed E-state index contributed by atoms with van der Waals surface area (Å²) >= 11 is 0. The van der Waals surface area contributed by atoms with E-state index in [9.17, 15) is 9.59 Å². The highest BCUT2D eigenvalue weighted by Gasteiger charge is 2.37. The molecule has 0 radical (unpaired) electrons. The predicted octanol–water partition coefficient (Wildman–Crippen LogP) is 2.72. The summed E-state index contributed by atoms with van der Waals surface area (Å²) < 4.78 is 11.2. The Morgan fingerprint density at radius 3 is 2.79 bits per heavy atom. The molecule has 1 fully saturated rings. The van der Waals surface area contributed by atoms with Crippen LogP contribution in [0.1, 0.15) is 23.3 Å². The number of nitrogens with one attached hydrogen (secondary N) is 1. The summed E-state index contributed by atoms with van der Waals surface area (Å²) in [5, 5.41) is 3.63. The SMILES string of the molecule is CN(C)C(=O)c1coc(NC(=O)C2CC(Oc3cccc4cccnc34)C2)n1. The molecule has 0 saturated heterocycles. The number of ether oxygens (including phenoxy) is 1. The topological polar surface area (TPSA) is 97.6 Å². The van der Waals surface area contributed by atoms with Crippen LogP contribution in [0.4, 0.5) is 6.01 Å². The van der Waals surface area contributed by atoms with Crippen molar-refractivity contribution in [3.8, 4) is 5.75 Å². The van der Waals surface area contributed by atoms with Gasteiger partial charge in [0, 0.05) is 31.6 Å². The second-order valence-electron chi connectivity index (χ2n) is 6.97. The Morgan fingerprint density at radius 1 is 1.21 bits per heavy atom. The van der Waals surface area contributed by atoms with Gasteiger partial charge in [-0.1, -0.05) is 18.2 Å². The van der Waals surface area contributed by atoms with Gasteiger partial charge >= 0.3 is 6.01 Å². The van der Waals surface area contributed by atoms with Crippen molar-refractivity contribution in [1.29, 1.82) is 0 Å². The summed E-state index contributed by atoms with van der Waals surface area (Å²) in [6.07, 6.45) is 4.12. The minimum Gasteiger partial charge on any atom is -0.488 e. The molecule has 3 aromatic rings. The third-order valence-electron chi connectivity index (χ3n) is 4.71. The van der Waals surface area contributed by atoms with Crippen LogP contribution in [0.3, 0.4) is 0 Å². The Balaban J connectivity index is 1.32. The van der Waals surface area contributed by atoms with E-state index in [1.54, 1.807) is 20.3 Å². The predicted molar refractivity (Wildman–Crippen MR) is 102 cm³/mol. The number of pyridine rings is 1. The molecule has 2 amide bonds. The third kappa shape index (κ3) is 3.53. The zero-order valence-corrected chi connectivity index (χ0v) is 15.6. The number of carbonyl (C=O) groups excluding carboxylic acids is 2. The highest BCUT2D eigenvalue weighted by atomic mass is 16.5. The molecular formula is C20H20N4O4. The Hall–Kier alpha value is -3.42. The van der Waals surface area contributed by atoms with Crippen molar-refractivity contribution in [2.75, 3.05) is 19.4 Å². The number of oxazole rings is 1. The summed E-state index contributed by atoms with van der Waals surface area (Å²) in [4.78, 5) is 33.9. The fraction of sp³-hybridized carbons (Fsp3) is 0.300. The molecule has 2 aromatic heterocycles. The number of para-hydroxylation sites is 1. The third-order valence-corrected chi connectivity index (χ3v) is 4.71. The van der Waals surface area contributed by atoms with E-state index in [1.807, 2.05) is 30.3 Å². The van der Waals surface area contributed by atoms with E-state index in [0.717, 1.165) is 16.7 Å². The molecule has 0 unspecified atom stereocenters. The molecule has 8 nitrogen and oxygen atoms in total. The zero-order chi connectivity index (χ0) is 19.7. The molecule has 2 heterocycles. The molecule has 1 saturated carbocycles. The van der Waals surface area contributed by atoms with Crippen LogP contribution in [0, 0.1) is 5.92 Å². The van der Waals surface area contributed by atoms with Crippen LogP contribution in [-0.2, 0) is 4.79 Å². The average Bonchev–Trinajstić information content (AvgIpc) is 3.11. The first-order chi connectivity index (χ1) is 13.5. The fourth-order valence-electron chi connectivity index (χ4n) is 3.09. The van der Waals surface area contributed by atoms with E-state index >= 15 is 0 Å². The van der Waals surface area contributed by atoms with Crippen LogP contribution < -0.4 is 10.1 Å². The number of rotatable bonds is 5. The number of hydrogen-bond acceptors (Lipinski definition) is 6. The summed E-state index contributed by atoms with van der Waals surface area (Å²) in [7, 11) is 3.24. The van der Waals surface area contributed by atoms with Crippen LogP contribution >= 0.6 is 0 Å². The van der Waals surface area contributed by atoms with E-state index < -0.39 is 0 Å². The molecule has 0 bridgehead atoms. The molecule has 28 heavy (non-hydrogen) atoms. The molecular weight excluding hydrogens is 360 g/mol. The standard InChI is InChI=1S/C20H20N4O4/c1-24(2)19(26)15-11-27-20(22-15)23-18(25)13-9-14(10-13)28-16-7-3-5-12-6-4-8-21-17(12)16/h3-8,11,13-14H,9-10H2,1-2H3,(H,22,23,25). The maximum absolute atomic E-state index is 12.3. The Kier molecular flexibility index (Phi) is 4.68. The smallest absolute Gasteiger partial charge is 0.302 e. The molecule has 0 atom stereocenters. The lowest BCUT2D eigenvalue weighted by Crippen LogP contribution is -2.40. The molecule has 144 valence electrons. The molecule has 1 aliphatic carbocycles. The van der Waals surface area contributed by atoms with Crippen LogP contribution in [0.15, 0.2) is 47.2 Å². The summed E-state index contributed by atoms with van der Waals surface area (Å²) in [6.45, 7) is 0. The molecule has 4 rings (SSSR count). The largest absolute Gasteiger partial charge is 0.488 e. The van der Waals surface area contributed by atoms with Crippen LogP contribution in [-0.4, -0.2) is 46.9 Å². The molecule has 1 aliphatic rings. The van der Waals surface area contributed by atoms with Gasteiger partial charge in [0.05, 0.1) is 0 Å². The summed E-state index contributed by atoms with van der Waals surface area (Å²) in [5.74, 6) is 0.0565. The van der Waals surface area contributed by atoms with E-state index in [1.165, 1.54) is 11.2 Å². The van der Waals surface area contributed by atoms with Crippen LogP contribution in [0.5, 0.6) is 5.75 Å². The Labute approximate surface area is 161 Å². The first-order valence-electron chi connectivity index (χ1n) is 8.99. The van der Waals surface area contributed by atoms with Gasteiger partial charge in [-0.15, -0.1) is 0 Å². The second kappa shape index (κ2) is 7.30. The van der Waals surface area contributed by atoms with Gasteiger partial charge < -0.3 is 14.1 Å². The van der Waals surface area contributed by atoms with Gasteiger partial charge in [-0.3, -0.25) is 19.9 Å². The lowest BCUT2D eigenvalue weighted by molar-refractivity contribution is -0.125. The number of fused-ring (bicyclic) bond motifs is 1. The van der Waals surface area contributed by atoms with E-state index in [2.05, 4.69) is 15.3 Å². The van der Waals surface area contributed by atoms with E-state index in [-0.39, 0.29) is 35.5 Å². The second-order valence-corrected chi connectivity index (χ2v) is 6.97. The highest BCUT2D eigenvalue weighted by molar-refractivity contribution is 5.94. The number of amides is 2. The van der Waals surface area contributed by atoms with Gasteiger partial charge in [0.25, 0.3) is 5.91 Å². The summed E-state index contributed by atoms with van der Waals surface area (Å²) in [6, 6.07) is 9.69. The molecule has 0 aliphatic heterocycles. The average molecular weight is 380 g/mol. The maximum Gasteiger partial charge on any atom is 0.302 e. The molecule has 1 aromatic carbocycles. The Morgan fingerprint density at radius 2 is 2.00 bits per heavy atom. The van der Waals surface area contributed by atoms with Gasteiger partial charge in [-0.2, -0.15) is 4.98 Å². The van der Waals surface area contributed by atoms with E-state index in [0.29, 0.717) is 12.8 Å². The minimum atomic E-state index is -0.287. The van der Waals surface area contributed by atoms with Crippen molar-refractivity contribution < 1.29 is 18.7 Å². The minimum absolute atomic E-state index is 0.0258. The number of hydrogen-bond donors (Lipinski definition) is 1. The number of carbonyl (C=O) groups is 2. The summed E-state index contributed by atoms with van der Waals surface area (Å²) in [5.41, 5.74) is 0.967.